The minimum Gasteiger partial charge on any atom is -0.366 e. The number of anilines is 1. The molecule has 2 heterocycles. The van der Waals surface area contributed by atoms with Gasteiger partial charge in [-0.2, -0.15) is 5.26 Å². The van der Waals surface area contributed by atoms with Crippen LogP contribution in [-0.2, 0) is 0 Å². The molecule has 1 aromatic heterocycles. The van der Waals surface area contributed by atoms with E-state index in [-0.39, 0.29) is 0 Å². The van der Waals surface area contributed by atoms with Gasteiger partial charge in [0.05, 0.1) is 17.1 Å². The van der Waals surface area contributed by atoms with Gasteiger partial charge in [-0.05, 0) is 50.5 Å². The van der Waals surface area contributed by atoms with Crippen molar-refractivity contribution in [2.45, 2.75) is 44.3 Å². The smallest absolute Gasteiger partial charge is 0.128 e. The van der Waals surface area contributed by atoms with Gasteiger partial charge in [0.1, 0.15) is 5.82 Å². The molecule has 2 aromatic rings. The maximum Gasteiger partial charge on any atom is 0.128 e. The highest BCUT2D eigenvalue weighted by molar-refractivity contribution is 6.31. The second-order valence-corrected chi connectivity index (χ2v) is 7.12. The fourth-order valence-corrected chi connectivity index (χ4v) is 3.82. The van der Waals surface area contributed by atoms with Gasteiger partial charge in [0.2, 0.25) is 0 Å². The normalized spacial score (nSPS) is 24.7. The lowest BCUT2D eigenvalue weighted by atomic mass is 10.1. The van der Waals surface area contributed by atoms with Gasteiger partial charge in [0.25, 0.3) is 0 Å². The summed E-state index contributed by atoms with van der Waals surface area (Å²) in [5, 5.41) is 14.4. The second-order valence-electron chi connectivity index (χ2n) is 6.68. The van der Waals surface area contributed by atoms with E-state index in [9.17, 15) is 5.26 Å². The Labute approximate surface area is 141 Å². The molecule has 1 saturated heterocycles. The van der Waals surface area contributed by atoms with Crippen molar-refractivity contribution in [2.75, 3.05) is 11.9 Å². The number of pyridine rings is 1. The highest BCUT2D eigenvalue weighted by Gasteiger charge is 2.38. The lowest BCUT2D eigenvalue weighted by molar-refractivity contribution is 0.257. The van der Waals surface area contributed by atoms with E-state index in [1.807, 2.05) is 18.2 Å². The van der Waals surface area contributed by atoms with Crippen LogP contribution in [0.25, 0.3) is 10.9 Å². The van der Waals surface area contributed by atoms with E-state index in [1.165, 1.54) is 12.8 Å². The Hall–Kier alpha value is -1.83. The Kier molecular flexibility index (Phi) is 3.63. The predicted octanol–water partition coefficient (Wildman–Crippen LogP) is 3.80. The Morgan fingerprint density at radius 1 is 1.35 bits per heavy atom. The van der Waals surface area contributed by atoms with Gasteiger partial charge in [-0.3, -0.25) is 4.90 Å². The second kappa shape index (κ2) is 5.67. The molecule has 1 saturated carbocycles. The van der Waals surface area contributed by atoms with Crippen molar-refractivity contribution in [2.24, 2.45) is 0 Å². The van der Waals surface area contributed by atoms with Gasteiger partial charge in [-0.1, -0.05) is 11.6 Å². The van der Waals surface area contributed by atoms with Gasteiger partial charge in [-0.15, -0.1) is 0 Å². The van der Waals surface area contributed by atoms with Crippen molar-refractivity contribution in [3.05, 3.63) is 34.9 Å². The van der Waals surface area contributed by atoms with Crippen LogP contribution in [0.3, 0.4) is 0 Å². The Morgan fingerprint density at radius 2 is 2.17 bits per heavy atom. The summed E-state index contributed by atoms with van der Waals surface area (Å²) < 4.78 is 0. The van der Waals surface area contributed by atoms with Crippen LogP contribution in [0.5, 0.6) is 0 Å². The van der Waals surface area contributed by atoms with Crippen LogP contribution in [0.4, 0.5) is 5.82 Å². The number of rotatable bonds is 3. The zero-order valence-electron chi connectivity index (χ0n) is 13.1. The summed E-state index contributed by atoms with van der Waals surface area (Å²) in [7, 11) is 0. The lowest BCUT2D eigenvalue weighted by Crippen LogP contribution is -2.31. The number of nitriles is 1. The number of benzene rings is 1. The topological polar surface area (TPSA) is 52.0 Å². The average molecular weight is 327 g/mol. The van der Waals surface area contributed by atoms with E-state index in [0.717, 1.165) is 35.7 Å². The van der Waals surface area contributed by atoms with Crippen molar-refractivity contribution in [3.8, 4) is 6.07 Å². The maximum atomic E-state index is 9.42. The van der Waals surface area contributed by atoms with Crippen LogP contribution >= 0.6 is 11.6 Å². The summed E-state index contributed by atoms with van der Waals surface area (Å²) in [4.78, 5) is 7.26. The quantitative estimate of drug-likeness (QED) is 0.932. The van der Waals surface area contributed by atoms with E-state index in [4.69, 9.17) is 11.6 Å². The van der Waals surface area contributed by atoms with E-state index < -0.39 is 0 Å². The minimum absolute atomic E-state index is 0.398. The monoisotopic (exact) mass is 326 g/mol. The summed E-state index contributed by atoms with van der Waals surface area (Å²) in [5.41, 5.74) is 1.42. The highest BCUT2D eigenvalue weighted by Crippen LogP contribution is 2.34. The van der Waals surface area contributed by atoms with E-state index in [2.05, 4.69) is 28.2 Å². The number of aromatic nitrogens is 1. The number of nitrogens with zero attached hydrogens (tertiary/aromatic N) is 3. The molecular weight excluding hydrogens is 308 g/mol. The number of nitrogens with one attached hydrogen (secondary N) is 1. The maximum absolute atomic E-state index is 9.42. The van der Waals surface area contributed by atoms with E-state index in [0.29, 0.717) is 22.7 Å². The molecule has 1 aromatic carbocycles. The first-order valence-corrected chi connectivity index (χ1v) is 8.54. The summed E-state index contributed by atoms with van der Waals surface area (Å²) >= 11 is 6.03. The zero-order chi connectivity index (χ0) is 16.0. The van der Waals surface area contributed by atoms with Crippen LogP contribution in [0, 0.1) is 11.3 Å². The van der Waals surface area contributed by atoms with Crippen LogP contribution in [0.1, 0.15) is 31.7 Å². The van der Waals surface area contributed by atoms with Crippen LogP contribution < -0.4 is 5.32 Å². The molecule has 0 spiro atoms. The molecule has 2 fully saturated rings. The van der Waals surface area contributed by atoms with Gasteiger partial charge in [0.15, 0.2) is 0 Å². The molecule has 2 atom stereocenters. The molecule has 0 bridgehead atoms. The highest BCUT2D eigenvalue weighted by atomic mass is 35.5. The van der Waals surface area contributed by atoms with Gasteiger partial charge in [-0.25, -0.2) is 4.98 Å². The Bertz CT molecular complexity index is 793. The van der Waals surface area contributed by atoms with Crippen molar-refractivity contribution >= 4 is 28.3 Å². The van der Waals surface area contributed by atoms with Crippen molar-refractivity contribution < 1.29 is 0 Å². The SMILES string of the molecule is CC1CC(Nc2cc(C#N)c3cc(Cl)ccc3n2)CN1C1CC1. The summed E-state index contributed by atoms with van der Waals surface area (Å²) in [6.45, 7) is 3.37. The molecule has 2 aliphatic rings. The Balaban J connectivity index is 1.60. The van der Waals surface area contributed by atoms with E-state index >= 15 is 0 Å². The molecule has 4 rings (SSSR count). The third-order valence-electron chi connectivity index (χ3n) is 4.88. The van der Waals surface area contributed by atoms with Crippen molar-refractivity contribution in [3.63, 3.8) is 0 Å². The molecule has 0 radical (unpaired) electrons. The van der Waals surface area contributed by atoms with Crippen LogP contribution in [-0.4, -0.2) is 34.6 Å². The van der Waals surface area contributed by atoms with Gasteiger partial charge >= 0.3 is 0 Å². The number of halogens is 1. The molecule has 118 valence electrons. The summed E-state index contributed by atoms with van der Waals surface area (Å²) in [6, 6.07) is 11.4. The van der Waals surface area contributed by atoms with Crippen molar-refractivity contribution in [1.29, 1.82) is 5.26 Å². The van der Waals surface area contributed by atoms with Gasteiger partial charge < -0.3 is 5.32 Å². The fourth-order valence-electron chi connectivity index (χ4n) is 3.65. The standard InChI is InChI=1S/C18H19ClN4/c1-11-6-14(10-23(11)15-3-4-15)21-18-7-12(9-20)16-8-13(19)2-5-17(16)22-18/h2,5,7-8,11,14-15H,3-4,6,10H2,1H3,(H,21,22). The summed E-state index contributed by atoms with van der Waals surface area (Å²) in [6.07, 6.45) is 3.80. The summed E-state index contributed by atoms with van der Waals surface area (Å²) in [5.74, 6) is 0.784. The minimum atomic E-state index is 0.398. The van der Waals surface area contributed by atoms with Crippen LogP contribution in [0.2, 0.25) is 5.02 Å². The molecule has 1 N–H and O–H groups in total. The zero-order valence-corrected chi connectivity index (χ0v) is 13.8. The number of hydrogen-bond acceptors (Lipinski definition) is 4. The van der Waals surface area contributed by atoms with Gasteiger partial charge in [0, 0.05) is 35.1 Å². The largest absolute Gasteiger partial charge is 0.366 e. The number of hydrogen-bond donors (Lipinski definition) is 1. The first-order valence-electron chi connectivity index (χ1n) is 8.17. The first kappa shape index (κ1) is 14.7. The molecule has 1 aliphatic carbocycles. The predicted molar refractivity (Wildman–Crippen MR) is 92.7 cm³/mol. The van der Waals surface area contributed by atoms with Crippen LogP contribution in [0.15, 0.2) is 24.3 Å². The molecule has 0 amide bonds. The molecule has 5 heteroatoms. The Morgan fingerprint density at radius 3 is 2.91 bits per heavy atom. The third kappa shape index (κ3) is 2.87. The van der Waals surface area contributed by atoms with Crippen molar-refractivity contribution in [1.82, 2.24) is 9.88 Å². The first-order chi connectivity index (χ1) is 11.1. The fraction of sp³-hybridized carbons (Fsp3) is 0.444. The molecular formula is C18H19ClN4. The number of fused-ring (bicyclic) bond motifs is 1. The van der Waals surface area contributed by atoms with E-state index in [1.54, 1.807) is 6.07 Å². The molecule has 1 aliphatic heterocycles. The molecule has 23 heavy (non-hydrogen) atoms. The number of likely N-dealkylation sites (tertiary alicyclic amines) is 1. The lowest BCUT2D eigenvalue weighted by Gasteiger charge is -2.19. The third-order valence-corrected chi connectivity index (χ3v) is 5.12. The average Bonchev–Trinajstić information content (AvgIpc) is 3.31. The molecule has 4 nitrogen and oxygen atoms in total. The molecule has 2 unspecified atom stereocenters.